The second-order valence-electron chi connectivity index (χ2n) is 4.01. The molecule has 8 heteroatoms. The number of carboxylic acid groups (broad SMARTS) is 1. The molecule has 17 heavy (non-hydrogen) atoms. The van der Waals surface area contributed by atoms with Gasteiger partial charge in [-0.05, 0) is 20.8 Å². The molecule has 1 aromatic heterocycles. The van der Waals surface area contributed by atoms with Gasteiger partial charge in [0.1, 0.15) is 11.4 Å². The second kappa shape index (κ2) is 4.13. The first-order valence-corrected chi connectivity index (χ1v) is 4.81. The van der Waals surface area contributed by atoms with Crippen LogP contribution in [0.1, 0.15) is 18.3 Å². The molecule has 1 unspecified atom stereocenters. The molecule has 0 spiro atoms. The highest BCUT2D eigenvalue weighted by atomic mass is 16.6. The highest BCUT2D eigenvalue weighted by molar-refractivity contribution is 5.76. The fourth-order valence-corrected chi connectivity index (χ4v) is 1.46. The Morgan fingerprint density at radius 1 is 1.59 bits per heavy atom. The van der Waals surface area contributed by atoms with E-state index in [4.69, 9.17) is 5.11 Å². The summed E-state index contributed by atoms with van der Waals surface area (Å²) in [7, 11) is 0. The maximum absolute atomic E-state index is 10.7. The third-order valence-electron chi connectivity index (χ3n) is 2.44. The van der Waals surface area contributed by atoms with Gasteiger partial charge in [0.15, 0.2) is 5.60 Å². The van der Waals surface area contributed by atoms with Gasteiger partial charge in [-0.1, -0.05) is 0 Å². The summed E-state index contributed by atoms with van der Waals surface area (Å²) in [5, 5.41) is 32.9. The molecule has 8 nitrogen and oxygen atoms in total. The van der Waals surface area contributed by atoms with Crippen molar-refractivity contribution in [2.75, 3.05) is 0 Å². The van der Waals surface area contributed by atoms with E-state index in [0.29, 0.717) is 0 Å². The molecule has 0 aliphatic heterocycles. The average Bonchev–Trinajstić information content (AvgIpc) is 2.40. The molecule has 0 amide bonds. The monoisotopic (exact) mass is 243 g/mol. The average molecular weight is 243 g/mol. The third kappa shape index (κ3) is 2.41. The second-order valence-corrected chi connectivity index (χ2v) is 4.01. The maximum Gasteiger partial charge on any atom is 0.337 e. The van der Waals surface area contributed by atoms with Crippen LogP contribution in [-0.4, -0.2) is 36.5 Å². The summed E-state index contributed by atoms with van der Waals surface area (Å²) in [5.74, 6) is -1.41. The number of rotatable bonds is 4. The van der Waals surface area contributed by atoms with Crippen LogP contribution in [0.2, 0.25) is 0 Å². The zero-order valence-electron chi connectivity index (χ0n) is 9.67. The predicted octanol–water partition coefficient (Wildman–Crippen LogP) is 0.244. The summed E-state index contributed by atoms with van der Waals surface area (Å²) < 4.78 is 1.13. The van der Waals surface area contributed by atoms with E-state index in [1.54, 1.807) is 0 Å². The molecule has 0 saturated heterocycles. The SMILES string of the molecule is Cc1nn(CC(C)(O)C(=O)O)c(C)c1[N+](=O)[O-]. The molecule has 1 rings (SSSR count). The van der Waals surface area contributed by atoms with Gasteiger partial charge in [-0.3, -0.25) is 14.8 Å². The molecule has 0 aliphatic rings. The van der Waals surface area contributed by atoms with Gasteiger partial charge in [-0.25, -0.2) is 4.79 Å². The summed E-state index contributed by atoms with van der Waals surface area (Å²) in [6.45, 7) is 3.67. The molecule has 0 saturated carbocycles. The smallest absolute Gasteiger partial charge is 0.337 e. The highest BCUT2D eigenvalue weighted by Gasteiger charge is 2.33. The number of carbonyl (C=O) groups is 1. The lowest BCUT2D eigenvalue weighted by molar-refractivity contribution is -0.386. The minimum Gasteiger partial charge on any atom is -0.479 e. The predicted molar refractivity (Wildman–Crippen MR) is 56.6 cm³/mol. The lowest BCUT2D eigenvalue weighted by Crippen LogP contribution is -2.40. The van der Waals surface area contributed by atoms with Gasteiger partial charge in [-0.15, -0.1) is 0 Å². The van der Waals surface area contributed by atoms with Gasteiger partial charge < -0.3 is 10.2 Å². The molecular formula is C9H13N3O5. The summed E-state index contributed by atoms with van der Waals surface area (Å²) in [5.41, 5.74) is -1.77. The number of hydrogen-bond donors (Lipinski definition) is 2. The van der Waals surface area contributed by atoms with Gasteiger partial charge in [0.05, 0.1) is 11.5 Å². The van der Waals surface area contributed by atoms with Crippen molar-refractivity contribution in [2.24, 2.45) is 0 Å². The Morgan fingerprint density at radius 3 is 2.47 bits per heavy atom. The lowest BCUT2D eigenvalue weighted by Gasteiger charge is -2.18. The van der Waals surface area contributed by atoms with Gasteiger partial charge in [0.25, 0.3) is 0 Å². The Kier molecular flexibility index (Phi) is 3.18. The molecule has 1 atom stereocenters. The molecule has 1 heterocycles. The molecule has 0 aromatic carbocycles. The van der Waals surface area contributed by atoms with E-state index in [-0.39, 0.29) is 23.6 Å². The van der Waals surface area contributed by atoms with E-state index in [9.17, 15) is 20.0 Å². The van der Waals surface area contributed by atoms with Crippen LogP contribution >= 0.6 is 0 Å². The third-order valence-corrected chi connectivity index (χ3v) is 2.44. The van der Waals surface area contributed by atoms with E-state index in [1.807, 2.05) is 0 Å². The molecule has 0 bridgehead atoms. The van der Waals surface area contributed by atoms with Gasteiger partial charge in [-0.2, -0.15) is 5.10 Å². The molecule has 1 aromatic rings. The van der Waals surface area contributed by atoms with Gasteiger partial charge in [0, 0.05) is 0 Å². The molecule has 94 valence electrons. The first-order chi connectivity index (χ1) is 7.66. The van der Waals surface area contributed by atoms with Crippen molar-refractivity contribution < 1.29 is 19.9 Å². The zero-order chi connectivity index (χ0) is 13.4. The Morgan fingerprint density at radius 2 is 2.12 bits per heavy atom. The van der Waals surface area contributed by atoms with E-state index < -0.39 is 16.5 Å². The maximum atomic E-state index is 10.7. The van der Waals surface area contributed by atoms with E-state index in [2.05, 4.69) is 5.10 Å². The Bertz CT molecular complexity index is 477. The molecular weight excluding hydrogens is 230 g/mol. The number of carboxylic acids is 1. The Hall–Kier alpha value is -1.96. The summed E-state index contributed by atoms with van der Waals surface area (Å²) in [4.78, 5) is 20.9. The lowest BCUT2D eigenvalue weighted by atomic mass is 10.1. The van der Waals surface area contributed by atoms with Crippen molar-refractivity contribution in [1.29, 1.82) is 0 Å². The van der Waals surface area contributed by atoms with Crippen molar-refractivity contribution in [2.45, 2.75) is 32.9 Å². The van der Waals surface area contributed by atoms with Crippen molar-refractivity contribution >= 4 is 11.7 Å². The minimum atomic E-state index is -2.02. The van der Waals surface area contributed by atoms with Crippen molar-refractivity contribution in [3.63, 3.8) is 0 Å². The number of aryl methyl sites for hydroxylation is 1. The number of nitro groups is 1. The first-order valence-electron chi connectivity index (χ1n) is 4.81. The van der Waals surface area contributed by atoms with Crippen molar-refractivity contribution in [3.8, 4) is 0 Å². The van der Waals surface area contributed by atoms with Gasteiger partial charge in [0.2, 0.25) is 0 Å². The van der Waals surface area contributed by atoms with Crippen LogP contribution < -0.4 is 0 Å². The Labute approximate surface area is 96.6 Å². The van der Waals surface area contributed by atoms with E-state index >= 15 is 0 Å². The first kappa shape index (κ1) is 13.1. The zero-order valence-corrected chi connectivity index (χ0v) is 9.67. The molecule has 0 aliphatic carbocycles. The van der Waals surface area contributed by atoms with Crippen LogP contribution in [0, 0.1) is 24.0 Å². The van der Waals surface area contributed by atoms with Crippen LogP contribution in [0.4, 0.5) is 5.69 Å². The molecule has 0 fully saturated rings. The number of nitrogens with zero attached hydrogens (tertiary/aromatic N) is 3. The number of aliphatic hydroxyl groups is 1. The topological polar surface area (TPSA) is 118 Å². The van der Waals surface area contributed by atoms with Gasteiger partial charge >= 0.3 is 11.7 Å². The Balaban J connectivity index is 3.14. The highest BCUT2D eigenvalue weighted by Crippen LogP contribution is 2.23. The number of aliphatic carboxylic acids is 1. The molecule has 2 N–H and O–H groups in total. The number of aromatic nitrogens is 2. The summed E-state index contributed by atoms with van der Waals surface area (Å²) in [6, 6.07) is 0. The quantitative estimate of drug-likeness (QED) is 0.577. The molecule has 0 radical (unpaired) electrons. The van der Waals surface area contributed by atoms with Crippen LogP contribution in [0.5, 0.6) is 0 Å². The van der Waals surface area contributed by atoms with Crippen LogP contribution in [0.25, 0.3) is 0 Å². The largest absolute Gasteiger partial charge is 0.479 e. The van der Waals surface area contributed by atoms with Crippen LogP contribution in [-0.2, 0) is 11.3 Å². The normalized spacial score (nSPS) is 14.4. The van der Waals surface area contributed by atoms with E-state index in [1.165, 1.54) is 13.8 Å². The fraction of sp³-hybridized carbons (Fsp3) is 0.556. The van der Waals surface area contributed by atoms with Crippen LogP contribution in [0.15, 0.2) is 0 Å². The van der Waals surface area contributed by atoms with E-state index in [0.717, 1.165) is 11.6 Å². The summed E-state index contributed by atoms with van der Waals surface area (Å²) in [6.07, 6.45) is 0. The van der Waals surface area contributed by atoms with Crippen molar-refractivity contribution in [3.05, 3.63) is 21.5 Å². The standard InChI is InChI=1S/C9H13N3O5/c1-5-7(12(16)17)6(2)11(10-5)4-9(3,15)8(13)14/h15H,4H2,1-3H3,(H,13,14). The number of hydrogen-bond acceptors (Lipinski definition) is 5. The van der Waals surface area contributed by atoms with Crippen LogP contribution in [0.3, 0.4) is 0 Å². The van der Waals surface area contributed by atoms with Crippen molar-refractivity contribution in [1.82, 2.24) is 9.78 Å². The summed E-state index contributed by atoms with van der Waals surface area (Å²) >= 11 is 0. The fourth-order valence-electron chi connectivity index (χ4n) is 1.46. The minimum absolute atomic E-state index is 0.161.